The molecule has 0 spiro atoms. The van der Waals surface area contributed by atoms with Crippen molar-refractivity contribution in [2.75, 3.05) is 10.8 Å². The first kappa shape index (κ1) is 24.5. The first-order valence-electron chi connectivity index (χ1n) is 11.1. The fourth-order valence-electron chi connectivity index (χ4n) is 3.84. The molecule has 174 valence electrons. The largest absolute Gasteiger partial charge is 0.348 e. The minimum atomic E-state index is -3.94. The number of hydrogen-bond donors (Lipinski definition) is 1. The summed E-state index contributed by atoms with van der Waals surface area (Å²) in [5, 5.41) is 3.02. The summed E-state index contributed by atoms with van der Waals surface area (Å²) in [6.07, 6.45) is 0.697. The molecule has 0 bridgehead atoms. The van der Waals surface area contributed by atoms with Crippen LogP contribution < -0.4 is 9.62 Å². The Kier molecular flexibility index (Phi) is 7.59. The minimum absolute atomic E-state index is 0.158. The van der Waals surface area contributed by atoms with Gasteiger partial charge in [-0.3, -0.25) is 9.10 Å². The van der Waals surface area contributed by atoms with Crippen molar-refractivity contribution in [2.45, 2.75) is 52.0 Å². The fraction of sp³-hybridized carbons (Fsp3) is 0.296. The number of rotatable bonds is 8. The van der Waals surface area contributed by atoms with Crippen molar-refractivity contribution in [3.63, 3.8) is 0 Å². The number of nitrogens with one attached hydrogen (secondary N) is 1. The monoisotopic (exact) mass is 464 g/mol. The van der Waals surface area contributed by atoms with Gasteiger partial charge in [0.2, 0.25) is 5.91 Å². The smallest absolute Gasteiger partial charge is 0.264 e. The van der Waals surface area contributed by atoms with E-state index in [1.165, 1.54) is 4.31 Å². The van der Waals surface area contributed by atoms with Crippen molar-refractivity contribution < 1.29 is 13.2 Å². The zero-order valence-electron chi connectivity index (χ0n) is 19.9. The number of amides is 1. The molecule has 1 atom stereocenters. The molecule has 33 heavy (non-hydrogen) atoms. The van der Waals surface area contributed by atoms with Crippen molar-refractivity contribution in [3.8, 4) is 0 Å². The molecule has 0 aromatic heterocycles. The van der Waals surface area contributed by atoms with Gasteiger partial charge < -0.3 is 5.32 Å². The van der Waals surface area contributed by atoms with Gasteiger partial charge in [-0.1, -0.05) is 60.5 Å². The van der Waals surface area contributed by atoms with Crippen LogP contribution in [0.15, 0.2) is 71.6 Å². The van der Waals surface area contributed by atoms with Crippen molar-refractivity contribution in [1.82, 2.24) is 5.32 Å². The Morgan fingerprint density at radius 1 is 0.818 bits per heavy atom. The summed E-state index contributed by atoms with van der Waals surface area (Å²) in [5.41, 5.74) is 5.45. The highest BCUT2D eigenvalue weighted by molar-refractivity contribution is 7.92. The van der Waals surface area contributed by atoms with E-state index in [9.17, 15) is 13.2 Å². The highest BCUT2D eigenvalue weighted by Gasteiger charge is 2.28. The number of anilines is 1. The Bertz CT molecular complexity index is 1200. The summed E-state index contributed by atoms with van der Waals surface area (Å²) in [7, 11) is -3.94. The van der Waals surface area contributed by atoms with Crippen LogP contribution in [0, 0.1) is 27.7 Å². The predicted molar refractivity (Wildman–Crippen MR) is 134 cm³/mol. The maximum atomic E-state index is 13.6. The molecule has 0 heterocycles. The number of aryl methyl sites for hydroxylation is 4. The third-order valence-corrected chi connectivity index (χ3v) is 7.40. The average Bonchev–Trinajstić information content (AvgIpc) is 2.76. The van der Waals surface area contributed by atoms with E-state index < -0.39 is 10.0 Å². The van der Waals surface area contributed by atoms with Gasteiger partial charge >= 0.3 is 0 Å². The zero-order valence-corrected chi connectivity index (χ0v) is 20.7. The summed E-state index contributed by atoms with van der Waals surface area (Å²) < 4.78 is 28.4. The molecule has 3 aromatic carbocycles. The van der Waals surface area contributed by atoms with Crippen molar-refractivity contribution in [2.24, 2.45) is 0 Å². The van der Waals surface area contributed by atoms with Crippen LogP contribution in [0.4, 0.5) is 5.69 Å². The van der Waals surface area contributed by atoms with Crippen LogP contribution in [0.2, 0.25) is 0 Å². The normalized spacial score (nSPS) is 12.3. The Hall–Kier alpha value is -3.12. The van der Waals surface area contributed by atoms with E-state index in [-0.39, 0.29) is 23.4 Å². The SMILES string of the molecule is CC[C@H](NC(=O)CN(c1cc(C)cc(C)c1)S(=O)(=O)c1ccc(C)cc1)c1ccc(C)cc1. The highest BCUT2D eigenvalue weighted by Crippen LogP contribution is 2.26. The molecular weight excluding hydrogens is 432 g/mol. The summed E-state index contributed by atoms with van der Waals surface area (Å²) in [6.45, 7) is 9.44. The van der Waals surface area contributed by atoms with Gasteiger partial charge in [-0.15, -0.1) is 0 Å². The van der Waals surface area contributed by atoms with E-state index in [4.69, 9.17) is 0 Å². The zero-order chi connectivity index (χ0) is 24.2. The molecule has 1 amide bonds. The Morgan fingerprint density at radius 3 is 1.85 bits per heavy atom. The first-order chi connectivity index (χ1) is 15.6. The summed E-state index contributed by atoms with van der Waals surface area (Å²) in [6, 6.07) is 20.1. The predicted octanol–water partition coefficient (Wildman–Crippen LogP) is 5.38. The molecule has 0 aliphatic rings. The molecule has 0 aliphatic heterocycles. The van der Waals surface area contributed by atoms with Crippen LogP contribution in [-0.2, 0) is 14.8 Å². The Morgan fingerprint density at radius 2 is 1.33 bits per heavy atom. The number of nitrogens with zero attached hydrogens (tertiary/aromatic N) is 1. The molecule has 0 radical (unpaired) electrons. The Labute approximate surface area is 197 Å². The van der Waals surface area contributed by atoms with E-state index in [0.717, 1.165) is 27.8 Å². The van der Waals surface area contributed by atoms with Gasteiger partial charge in [-0.2, -0.15) is 0 Å². The lowest BCUT2D eigenvalue weighted by atomic mass is 10.0. The Balaban J connectivity index is 1.94. The van der Waals surface area contributed by atoms with Gasteiger partial charge in [0.05, 0.1) is 16.6 Å². The van der Waals surface area contributed by atoms with Crippen LogP contribution in [-0.4, -0.2) is 20.9 Å². The standard InChI is InChI=1S/C27H32N2O3S/c1-6-26(23-11-7-19(2)8-12-23)28-27(30)18-29(24-16-21(4)15-22(5)17-24)33(31,32)25-13-9-20(3)10-14-25/h7-17,26H,6,18H2,1-5H3,(H,28,30)/t26-/m0/s1. The number of benzene rings is 3. The van der Waals surface area contributed by atoms with Gasteiger partial charge in [0.1, 0.15) is 6.54 Å². The second-order valence-corrected chi connectivity index (χ2v) is 10.5. The van der Waals surface area contributed by atoms with Gasteiger partial charge in [0.25, 0.3) is 10.0 Å². The van der Waals surface area contributed by atoms with E-state index in [2.05, 4.69) is 5.32 Å². The van der Waals surface area contributed by atoms with Crippen LogP contribution in [0.3, 0.4) is 0 Å². The third-order valence-electron chi connectivity index (χ3n) is 5.61. The van der Waals surface area contributed by atoms with Crippen LogP contribution in [0.5, 0.6) is 0 Å². The fourth-order valence-corrected chi connectivity index (χ4v) is 5.24. The number of carbonyl (C=O) groups is 1. The number of hydrogen-bond acceptors (Lipinski definition) is 3. The van der Waals surface area contributed by atoms with E-state index in [1.807, 2.05) is 65.0 Å². The molecule has 0 aliphatic carbocycles. The van der Waals surface area contributed by atoms with Crippen LogP contribution >= 0.6 is 0 Å². The lowest BCUT2D eigenvalue weighted by Crippen LogP contribution is -2.42. The summed E-state index contributed by atoms with van der Waals surface area (Å²) in [4.78, 5) is 13.3. The second-order valence-electron chi connectivity index (χ2n) is 8.61. The molecule has 6 heteroatoms. The van der Waals surface area contributed by atoms with Gasteiger partial charge in [0, 0.05) is 0 Å². The topological polar surface area (TPSA) is 66.5 Å². The van der Waals surface area contributed by atoms with Crippen molar-refractivity contribution in [1.29, 1.82) is 0 Å². The molecule has 3 rings (SSSR count). The maximum Gasteiger partial charge on any atom is 0.264 e. The summed E-state index contributed by atoms with van der Waals surface area (Å²) >= 11 is 0. The van der Waals surface area contributed by atoms with E-state index in [1.54, 1.807) is 36.4 Å². The second kappa shape index (κ2) is 10.2. The quantitative estimate of drug-likeness (QED) is 0.486. The molecule has 1 N–H and O–H groups in total. The summed E-state index contributed by atoms with van der Waals surface area (Å²) in [5.74, 6) is -0.350. The number of sulfonamides is 1. The van der Waals surface area contributed by atoms with Gasteiger partial charge in [0.15, 0.2) is 0 Å². The van der Waals surface area contributed by atoms with Gasteiger partial charge in [-0.05, 0) is 75.1 Å². The first-order valence-corrected chi connectivity index (χ1v) is 12.6. The molecule has 0 fully saturated rings. The third kappa shape index (κ3) is 6.02. The van der Waals surface area contributed by atoms with Crippen molar-refractivity contribution >= 4 is 21.6 Å². The minimum Gasteiger partial charge on any atom is -0.348 e. The van der Waals surface area contributed by atoms with E-state index in [0.29, 0.717) is 12.1 Å². The van der Waals surface area contributed by atoms with Crippen LogP contribution in [0.25, 0.3) is 0 Å². The molecule has 0 saturated heterocycles. The molecule has 0 saturated carbocycles. The van der Waals surface area contributed by atoms with Gasteiger partial charge in [-0.25, -0.2) is 8.42 Å². The highest BCUT2D eigenvalue weighted by atomic mass is 32.2. The molecule has 3 aromatic rings. The average molecular weight is 465 g/mol. The molecule has 0 unspecified atom stereocenters. The van der Waals surface area contributed by atoms with Crippen LogP contribution in [0.1, 0.15) is 47.2 Å². The van der Waals surface area contributed by atoms with E-state index >= 15 is 0 Å². The lowest BCUT2D eigenvalue weighted by molar-refractivity contribution is -0.120. The molecule has 5 nitrogen and oxygen atoms in total. The maximum absolute atomic E-state index is 13.6. The lowest BCUT2D eigenvalue weighted by Gasteiger charge is -2.26. The van der Waals surface area contributed by atoms with Crippen molar-refractivity contribution in [3.05, 3.63) is 94.5 Å². The number of carbonyl (C=O) groups excluding carboxylic acids is 1. The molecular formula is C27H32N2O3S.